The summed E-state index contributed by atoms with van der Waals surface area (Å²) < 4.78 is -1.85. The first kappa shape index (κ1) is 20.7. The summed E-state index contributed by atoms with van der Waals surface area (Å²) >= 11 is 34.8. The predicted molar refractivity (Wildman–Crippen MR) is 102 cm³/mol. The normalized spacial score (nSPS) is 12.3. The Morgan fingerprint density at radius 1 is 1.17 bits per heavy atom. The molecule has 0 aromatic heterocycles. The van der Waals surface area contributed by atoms with Gasteiger partial charge < -0.3 is 20.9 Å². The molecule has 5 nitrogen and oxygen atoms in total. The van der Waals surface area contributed by atoms with Gasteiger partial charge in [-0.2, -0.15) is 0 Å². The number of nitrogens with zero attached hydrogens (tertiary/aromatic N) is 1. The lowest BCUT2D eigenvalue weighted by Gasteiger charge is -2.29. The Bertz CT molecular complexity index is 573. The average molecular weight is 439 g/mol. The summed E-state index contributed by atoms with van der Waals surface area (Å²) in [5.41, 5.74) is 0.398. The molecule has 1 atom stereocenters. The van der Waals surface area contributed by atoms with Crippen molar-refractivity contribution in [1.82, 2.24) is 15.5 Å². The topological polar surface area (TPSA) is 56.4 Å². The summed E-state index contributed by atoms with van der Waals surface area (Å²) in [6, 6.07) is 4.50. The van der Waals surface area contributed by atoms with E-state index in [4.69, 9.17) is 70.2 Å². The molecule has 3 N–H and O–H groups in total. The Labute approximate surface area is 164 Å². The standard InChI is InChI=1S/C12H13Cl5N4OS/c1-21(2)11(22)20-9(12(15,16)17)19-10(23)18-8-6(13)4-3-5-7(8)14/h3-5,9H,1-2H3,(H,20,22)(H2,18,19,23)/t9-/m1/s1. The first-order valence-electron chi connectivity index (χ1n) is 6.08. The SMILES string of the molecule is CN(C)C(=O)N[C@@H](NC(=S)Nc1c(Cl)cccc1Cl)C(Cl)(Cl)Cl. The minimum atomic E-state index is -1.85. The zero-order valence-corrected chi connectivity index (χ0v) is 16.6. The Hall–Kier alpha value is -0.370. The number of amides is 2. The highest BCUT2D eigenvalue weighted by atomic mass is 35.6. The highest BCUT2D eigenvalue weighted by molar-refractivity contribution is 7.80. The van der Waals surface area contributed by atoms with Crippen molar-refractivity contribution in [1.29, 1.82) is 0 Å². The smallest absolute Gasteiger partial charge is 0.318 e. The average Bonchev–Trinajstić information content (AvgIpc) is 2.41. The number of thiocarbonyl (C=S) groups is 1. The van der Waals surface area contributed by atoms with E-state index in [0.717, 1.165) is 0 Å². The van der Waals surface area contributed by atoms with Gasteiger partial charge in [0.05, 0.1) is 15.7 Å². The molecule has 1 rings (SSSR count). The van der Waals surface area contributed by atoms with Gasteiger partial charge in [-0.05, 0) is 24.4 Å². The highest BCUT2D eigenvalue weighted by Gasteiger charge is 2.35. The van der Waals surface area contributed by atoms with E-state index in [-0.39, 0.29) is 5.11 Å². The minimum absolute atomic E-state index is 0.0652. The number of para-hydroxylation sites is 1. The summed E-state index contributed by atoms with van der Waals surface area (Å²) in [5, 5.41) is 8.78. The van der Waals surface area contributed by atoms with Gasteiger partial charge in [-0.1, -0.05) is 64.1 Å². The van der Waals surface area contributed by atoms with Crippen molar-refractivity contribution in [2.75, 3.05) is 19.4 Å². The second-order valence-corrected chi connectivity index (χ2v) is 8.11. The van der Waals surface area contributed by atoms with Gasteiger partial charge >= 0.3 is 6.03 Å². The van der Waals surface area contributed by atoms with E-state index in [1.807, 2.05) is 0 Å². The predicted octanol–water partition coefficient (Wildman–Crippen LogP) is 4.25. The van der Waals surface area contributed by atoms with Crippen molar-refractivity contribution < 1.29 is 4.79 Å². The van der Waals surface area contributed by atoms with Crippen molar-refractivity contribution >= 4 is 87.1 Å². The molecule has 0 aliphatic carbocycles. The summed E-state index contributed by atoms with van der Waals surface area (Å²) in [4.78, 5) is 13.0. The number of alkyl halides is 3. The molecular weight excluding hydrogens is 425 g/mol. The fraction of sp³-hybridized carbons (Fsp3) is 0.333. The summed E-state index contributed by atoms with van der Waals surface area (Å²) in [6.07, 6.45) is -1.08. The first-order chi connectivity index (χ1) is 10.5. The van der Waals surface area contributed by atoms with Crippen molar-refractivity contribution in [2.24, 2.45) is 0 Å². The van der Waals surface area contributed by atoms with Crippen LogP contribution in [0.5, 0.6) is 0 Å². The molecule has 0 aliphatic rings. The van der Waals surface area contributed by atoms with E-state index in [1.165, 1.54) is 4.90 Å². The molecule has 0 saturated carbocycles. The molecule has 0 fully saturated rings. The second-order valence-electron chi connectivity index (χ2n) is 4.51. The Morgan fingerprint density at radius 3 is 2.13 bits per heavy atom. The number of carbonyl (C=O) groups excluding carboxylic acids is 1. The molecule has 0 aliphatic heterocycles. The van der Waals surface area contributed by atoms with Gasteiger partial charge in [0.1, 0.15) is 0 Å². The fourth-order valence-electron chi connectivity index (χ4n) is 1.35. The maximum absolute atomic E-state index is 11.7. The fourth-order valence-corrected chi connectivity index (χ4v) is 2.39. The first-order valence-corrected chi connectivity index (χ1v) is 8.38. The van der Waals surface area contributed by atoms with Gasteiger partial charge in [-0.3, -0.25) is 0 Å². The highest BCUT2D eigenvalue weighted by Crippen LogP contribution is 2.31. The van der Waals surface area contributed by atoms with Crippen molar-refractivity contribution in [2.45, 2.75) is 9.96 Å². The summed E-state index contributed by atoms with van der Waals surface area (Å²) in [6.45, 7) is 0. The zero-order valence-electron chi connectivity index (χ0n) is 12.0. The van der Waals surface area contributed by atoms with Crippen LogP contribution in [0.15, 0.2) is 18.2 Å². The van der Waals surface area contributed by atoms with Crippen LogP contribution in [0.25, 0.3) is 0 Å². The number of rotatable bonds is 3. The molecule has 1 aromatic rings. The van der Waals surface area contributed by atoms with Crippen molar-refractivity contribution in [3.8, 4) is 0 Å². The Morgan fingerprint density at radius 2 is 1.70 bits per heavy atom. The lowest BCUT2D eigenvalue weighted by atomic mass is 10.3. The number of hydrogen-bond donors (Lipinski definition) is 3. The van der Waals surface area contributed by atoms with Gasteiger partial charge in [-0.15, -0.1) is 0 Å². The van der Waals surface area contributed by atoms with Gasteiger partial charge in [0, 0.05) is 14.1 Å². The Balaban J connectivity index is 2.84. The number of benzene rings is 1. The second kappa shape index (κ2) is 8.65. The van der Waals surface area contributed by atoms with Crippen molar-refractivity contribution in [3.05, 3.63) is 28.2 Å². The molecule has 11 heteroatoms. The van der Waals surface area contributed by atoms with E-state index in [9.17, 15) is 4.79 Å². The van der Waals surface area contributed by atoms with Crippen LogP contribution >= 0.6 is 70.2 Å². The molecule has 0 heterocycles. The van der Waals surface area contributed by atoms with E-state index in [0.29, 0.717) is 15.7 Å². The molecule has 0 spiro atoms. The van der Waals surface area contributed by atoms with Crippen LogP contribution in [-0.2, 0) is 0 Å². The third-order valence-corrected chi connectivity index (χ3v) is 3.98. The number of hydrogen-bond acceptors (Lipinski definition) is 2. The third kappa shape index (κ3) is 6.57. The van der Waals surface area contributed by atoms with Gasteiger partial charge in [0.2, 0.25) is 3.79 Å². The van der Waals surface area contributed by atoms with E-state index >= 15 is 0 Å². The van der Waals surface area contributed by atoms with Gasteiger partial charge in [0.15, 0.2) is 11.3 Å². The van der Waals surface area contributed by atoms with E-state index < -0.39 is 16.0 Å². The van der Waals surface area contributed by atoms with Gasteiger partial charge in [-0.25, -0.2) is 4.79 Å². The van der Waals surface area contributed by atoms with Crippen LogP contribution < -0.4 is 16.0 Å². The van der Waals surface area contributed by atoms with Crippen LogP contribution in [0, 0.1) is 0 Å². The molecule has 0 radical (unpaired) electrons. The number of nitrogens with one attached hydrogen (secondary N) is 3. The maximum Gasteiger partial charge on any atom is 0.318 e. The molecular formula is C12H13Cl5N4OS. The van der Waals surface area contributed by atoms with Crippen molar-refractivity contribution in [3.63, 3.8) is 0 Å². The lowest BCUT2D eigenvalue weighted by molar-refractivity contribution is 0.212. The van der Waals surface area contributed by atoms with Crippen LogP contribution in [-0.4, -0.2) is 40.1 Å². The number of anilines is 1. The monoisotopic (exact) mass is 436 g/mol. The number of halogens is 5. The van der Waals surface area contributed by atoms with Crippen LogP contribution in [0.2, 0.25) is 10.0 Å². The number of carbonyl (C=O) groups is 1. The molecule has 0 saturated heterocycles. The molecule has 0 bridgehead atoms. The molecule has 23 heavy (non-hydrogen) atoms. The quantitative estimate of drug-likeness (QED) is 0.375. The molecule has 128 valence electrons. The van der Waals surface area contributed by atoms with Crippen LogP contribution in [0.4, 0.5) is 10.5 Å². The minimum Gasteiger partial charge on any atom is -0.339 e. The van der Waals surface area contributed by atoms with Gasteiger partial charge in [0.25, 0.3) is 0 Å². The third-order valence-electron chi connectivity index (χ3n) is 2.48. The number of urea groups is 1. The van der Waals surface area contributed by atoms with Crippen LogP contribution in [0.3, 0.4) is 0 Å². The molecule has 1 aromatic carbocycles. The van der Waals surface area contributed by atoms with E-state index in [1.54, 1.807) is 32.3 Å². The van der Waals surface area contributed by atoms with E-state index in [2.05, 4.69) is 16.0 Å². The van der Waals surface area contributed by atoms with Crippen LogP contribution in [0.1, 0.15) is 0 Å². The Kier molecular flexibility index (Phi) is 7.77. The molecule has 0 unspecified atom stereocenters. The summed E-state index contributed by atoms with van der Waals surface area (Å²) in [7, 11) is 3.09. The maximum atomic E-state index is 11.7. The zero-order chi connectivity index (χ0) is 17.8. The lowest BCUT2D eigenvalue weighted by Crippen LogP contribution is -2.57. The summed E-state index contributed by atoms with van der Waals surface area (Å²) in [5.74, 6) is 0. The molecule has 2 amide bonds. The largest absolute Gasteiger partial charge is 0.339 e.